The van der Waals surface area contributed by atoms with Crippen molar-refractivity contribution in [2.75, 3.05) is 19.6 Å². The molecule has 0 aromatic heterocycles. The van der Waals surface area contributed by atoms with Gasteiger partial charge in [-0.25, -0.2) is 0 Å². The molecule has 4 aliphatic rings. The topological polar surface area (TPSA) is 46.1 Å². The van der Waals surface area contributed by atoms with Crippen LogP contribution in [0.25, 0.3) is 0 Å². The Hall–Kier alpha value is -2.04. The van der Waals surface area contributed by atoms with Gasteiger partial charge in [-0.1, -0.05) is 61.7 Å². The average Bonchev–Trinajstić information content (AvgIpc) is 3.37. The number of likely N-dealkylation sites (tertiary alicyclic amines) is 1. The normalized spacial score (nSPS) is 29.2. The number of ether oxygens (including phenoxy) is 1. The molecule has 5 heteroatoms. The molecule has 3 fully saturated rings. The summed E-state index contributed by atoms with van der Waals surface area (Å²) in [5.74, 6) is 2.78. The van der Waals surface area contributed by atoms with Crippen LogP contribution in [-0.2, 0) is 16.6 Å². The number of rotatable bonds is 5. The van der Waals surface area contributed by atoms with Gasteiger partial charge in [-0.15, -0.1) is 0 Å². The Morgan fingerprint density at radius 3 is 2.56 bits per heavy atom. The van der Waals surface area contributed by atoms with E-state index in [1.807, 2.05) is 0 Å². The lowest BCUT2D eigenvalue weighted by Gasteiger charge is -2.47. The van der Waals surface area contributed by atoms with E-state index in [1.54, 1.807) is 0 Å². The Morgan fingerprint density at radius 2 is 1.79 bits per heavy atom. The summed E-state index contributed by atoms with van der Waals surface area (Å²) in [4.78, 5) is 17.1. The molecule has 2 saturated heterocycles. The second-order valence-corrected chi connectivity index (χ2v) is 12.9. The average molecular weight is 551 g/mol. The highest BCUT2D eigenvalue weighted by atomic mass is 35.5. The maximum atomic E-state index is 14.7. The molecule has 2 heterocycles. The van der Waals surface area contributed by atoms with Crippen molar-refractivity contribution in [2.24, 2.45) is 11.8 Å². The van der Waals surface area contributed by atoms with Crippen LogP contribution in [0.15, 0.2) is 48.5 Å². The number of hydrogen-bond acceptors (Lipinski definition) is 2. The first-order valence-electron chi connectivity index (χ1n) is 15.5. The highest BCUT2D eigenvalue weighted by Crippen LogP contribution is 2.48. The van der Waals surface area contributed by atoms with E-state index in [4.69, 9.17) is 4.74 Å². The molecule has 2 aromatic carbocycles. The molecule has 0 radical (unpaired) electrons. The van der Waals surface area contributed by atoms with Gasteiger partial charge in [0, 0.05) is 12.6 Å². The van der Waals surface area contributed by atoms with E-state index in [9.17, 15) is 4.79 Å². The minimum atomic E-state index is -0.0611. The molecule has 6 rings (SSSR count). The van der Waals surface area contributed by atoms with Crippen LogP contribution in [0.2, 0.25) is 0 Å². The Kier molecular flexibility index (Phi) is 8.93. The Balaban J connectivity index is 0.00000308. The quantitative estimate of drug-likeness (QED) is 0.622. The zero-order chi connectivity index (χ0) is 26.1. The molecule has 39 heavy (non-hydrogen) atoms. The summed E-state index contributed by atoms with van der Waals surface area (Å²) in [5.41, 5.74) is 4.17. The van der Waals surface area contributed by atoms with Crippen LogP contribution in [0.3, 0.4) is 0 Å². The second-order valence-electron chi connectivity index (χ2n) is 12.9. The number of quaternary nitrogens is 1. The predicted octanol–water partition coefficient (Wildman–Crippen LogP) is 2.60. The summed E-state index contributed by atoms with van der Waals surface area (Å²) < 4.78 is 6.27. The number of halogens is 1. The van der Waals surface area contributed by atoms with Gasteiger partial charge in [0.15, 0.2) is 0 Å². The van der Waals surface area contributed by atoms with E-state index in [0.29, 0.717) is 23.8 Å². The van der Waals surface area contributed by atoms with Crippen molar-refractivity contribution in [1.82, 2.24) is 4.90 Å². The van der Waals surface area contributed by atoms with Gasteiger partial charge in [0.1, 0.15) is 11.7 Å². The van der Waals surface area contributed by atoms with Gasteiger partial charge in [0.05, 0.1) is 24.6 Å². The number of fused-ring (bicyclic) bond motifs is 2. The third kappa shape index (κ3) is 5.48. The van der Waals surface area contributed by atoms with Gasteiger partial charge in [-0.2, -0.15) is 0 Å². The van der Waals surface area contributed by atoms with Crippen LogP contribution in [-0.4, -0.2) is 42.6 Å². The van der Waals surface area contributed by atoms with Gasteiger partial charge in [-0.05, 0) is 93.4 Å². The standard InChI is InChI=1S/C34H46N2O2.ClH/c1-24(2)38-32-17-9-16-29-28(32)15-10-19-34(29)23-35-22-30(34)33(37)36-20-18-27(25-11-5-3-6-12-25)21-31(36)26-13-7-4-8-14-26;/h3,5-6,9,11-12,16-17,24,26-27,30-31,35H,4,7-8,10,13-15,18-23H2,1-2H3;1H/t27-,30+,31+,34+;/m1./s1. The fraction of sp³-hybridized carbons (Fsp3) is 0.618. The van der Waals surface area contributed by atoms with Crippen molar-refractivity contribution in [2.45, 2.75) is 102 Å². The molecule has 1 saturated carbocycles. The van der Waals surface area contributed by atoms with E-state index in [1.165, 1.54) is 48.8 Å². The second kappa shape index (κ2) is 12.2. The van der Waals surface area contributed by atoms with Gasteiger partial charge in [0.25, 0.3) is 0 Å². The van der Waals surface area contributed by atoms with Crippen LogP contribution in [0.5, 0.6) is 5.75 Å². The van der Waals surface area contributed by atoms with Crippen LogP contribution in [0, 0.1) is 11.8 Å². The first kappa shape index (κ1) is 28.5. The maximum absolute atomic E-state index is 14.7. The minimum Gasteiger partial charge on any atom is -1.00 e. The highest BCUT2D eigenvalue weighted by Gasteiger charge is 2.55. The van der Waals surface area contributed by atoms with E-state index in [0.717, 1.165) is 57.5 Å². The predicted molar refractivity (Wildman–Crippen MR) is 152 cm³/mol. The summed E-state index contributed by atoms with van der Waals surface area (Å²) in [6.45, 7) is 7.07. The van der Waals surface area contributed by atoms with Gasteiger partial charge < -0.3 is 27.4 Å². The number of benzene rings is 2. The number of nitrogens with zero attached hydrogens (tertiary/aromatic N) is 1. The number of hydrogen-bond donors (Lipinski definition) is 1. The number of piperidine rings is 1. The molecule has 4 nitrogen and oxygen atoms in total. The number of carbonyl (C=O) groups excluding carboxylic acids is 1. The third-order valence-corrected chi connectivity index (χ3v) is 10.4. The van der Waals surface area contributed by atoms with E-state index in [2.05, 4.69) is 72.6 Å². The summed E-state index contributed by atoms with van der Waals surface area (Å²) in [7, 11) is 0. The fourth-order valence-electron chi connectivity index (χ4n) is 8.62. The Labute approximate surface area is 241 Å². The van der Waals surface area contributed by atoms with Crippen molar-refractivity contribution in [3.8, 4) is 5.75 Å². The van der Waals surface area contributed by atoms with E-state index in [-0.39, 0.29) is 29.8 Å². The molecule has 4 atom stereocenters. The monoisotopic (exact) mass is 550 g/mol. The van der Waals surface area contributed by atoms with Crippen molar-refractivity contribution < 1.29 is 27.3 Å². The molecule has 2 aliphatic carbocycles. The SMILES string of the molecule is CC(C)Oc1cccc2c1CCC[C@]21C[NH2+]C[C@H]1C(=O)N1CC[C@@H](c2ccccc2)C[C@H]1C1CCCCC1.[Cl-]. The largest absolute Gasteiger partial charge is 1.00 e. The van der Waals surface area contributed by atoms with Gasteiger partial charge in [0.2, 0.25) is 5.91 Å². The van der Waals surface area contributed by atoms with Crippen molar-refractivity contribution in [1.29, 1.82) is 0 Å². The van der Waals surface area contributed by atoms with Gasteiger partial charge in [-0.3, -0.25) is 4.79 Å². The summed E-state index contributed by atoms with van der Waals surface area (Å²) >= 11 is 0. The smallest absolute Gasteiger partial charge is 0.232 e. The Morgan fingerprint density at radius 1 is 1.00 bits per heavy atom. The molecular weight excluding hydrogens is 504 g/mol. The Bertz CT molecular complexity index is 1120. The van der Waals surface area contributed by atoms with Crippen molar-refractivity contribution in [3.63, 3.8) is 0 Å². The molecule has 2 aromatic rings. The lowest BCUT2D eigenvalue weighted by atomic mass is 9.63. The lowest BCUT2D eigenvalue weighted by Crippen LogP contribution is -3.00. The molecule has 212 valence electrons. The van der Waals surface area contributed by atoms with Crippen LogP contribution in [0.4, 0.5) is 0 Å². The first-order valence-corrected chi connectivity index (χ1v) is 15.5. The molecular formula is C34H47ClN2O2. The summed E-state index contributed by atoms with van der Waals surface area (Å²) in [6.07, 6.45) is 12.3. The lowest BCUT2D eigenvalue weighted by molar-refractivity contribution is -0.640. The minimum absolute atomic E-state index is 0. The van der Waals surface area contributed by atoms with Crippen LogP contribution >= 0.6 is 0 Å². The fourth-order valence-corrected chi connectivity index (χ4v) is 8.62. The number of nitrogens with two attached hydrogens (primary N) is 1. The van der Waals surface area contributed by atoms with E-state index < -0.39 is 0 Å². The van der Waals surface area contributed by atoms with Gasteiger partial charge >= 0.3 is 0 Å². The number of carbonyl (C=O) groups is 1. The summed E-state index contributed by atoms with van der Waals surface area (Å²) in [6, 6.07) is 18.1. The zero-order valence-corrected chi connectivity index (χ0v) is 24.7. The molecule has 2 aliphatic heterocycles. The molecule has 1 spiro atoms. The molecule has 1 amide bonds. The molecule has 0 bridgehead atoms. The third-order valence-electron chi connectivity index (χ3n) is 10.4. The van der Waals surface area contributed by atoms with Crippen molar-refractivity contribution in [3.05, 3.63) is 65.2 Å². The zero-order valence-electron chi connectivity index (χ0n) is 23.9. The molecule has 0 unspecified atom stereocenters. The van der Waals surface area contributed by atoms with Crippen LogP contribution in [0.1, 0.15) is 94.2 Å². The van der Waals surface area contributed by atoms with E-state index >= 15 is 0 Å². The molecule has 2 N–H and O–H groups in total. The van der Waals surface area contributed by atoms with Crippen molar-refractivity contribution >= 4 is 5.91 Å². The highest BCUT2D eigenvalue weighted by molar-refractivity contribution is 5.82. The summed E-state index contributed by atoms with van der Waals surface area (Å²) in [5, 5.41) is 2.43. The van der Waals surface area contributed by atoms with Crippen LogP contribution < -0.4 is 22.5 Å². The first-order chi connectivity index (χ1) is 18.6. The number of amides is 1. The maximum Gasteiger partial charge on any atom is 0.232 e.